The number of benzene rings is 2. The van der Waals surface area contributed by atoms with E-state index in [9.17, 15) is 0 Å². The highest BCUT2D eigenvalue weighted by molar-refractivity contribution is 6.17. The average molecular weight is 369 g/mol. The van der Waals surface area contributed by atoms with Gasteiger partial charge in [-0.25, -0.2) is 0 Å². The topological polar surface area (TPSA) is 24.8 Å². The van der Waals surface area contributed by atoms with Crippen LogP contribution < -0.4 is 0 Å². The molecule has 4 heteroatoms. The van der Waals surface area contributed by atoms with E-state index in [2.05, 4.69) is 40.7 Å². The number of alkyl halides is 1. The molecule has 0 spiro atoms. The lowest BCUT2D eigenvalue weighted by Gasteiger charge is -2.42. The minimum Gasteiger partial charge on any atom is -0.471 e. The first-order valence-corrected chi connectivity index (χ1v) is 9.44. The van der Waals surface area contributed by atoms with E-state index >= 15 is 0 Å². The summed E-state index contributed by atoms with van der Waals surface area (Å²) in [6.45, 7) is 6.71. The third kappa shape index (κ3) is 4.67. The Morgan fingerprint density at radius 3 is 2.38 bits per heavy atom. The lowest BCUT2D eigenvalue weighted by molar-refractivity contribution is 0.124. The highest BCUT2D eigenvalue weighted by Gasteiger charge is 2.27. The molecule has 0 aromatic heterocycles. The van der Waals surface area contributed by atoms with Crippen molar-refractivity contribution in [3.05, 3.63) is 83.6 Å². The van der Waals surface area contributed by atoms with Crippen LogP contribution in [0.3, 0.4) is 0 Å². The molecule has 2 aromatic rings. The number of hydrogen-bond donors (Lipinski definition) is 0. The lowest BCUT2D eigenvalue weighted by atomic mass is 9.91. The fourth-order valence-corrected chi connectivity index (χ4v) is 3.33. The maximum Gasteiger partial charge on any atom is 0.216 e. The zero-order chi connectivity index (χ0) is 18.4. The van der Waals surface area contributed by atoms with Gasteiger partial charge in [0, 0.05) is 37.3 Å². The molecule has 136 valence electrons. The summed E-state index contributed by atoms with van der Waals surface area (Å²) < 4.78 is 5.87. The van der Waals surface area contributed by atoms with E-state index in [1.807, 2.05) is 30.3 Å². The van der Waals surface area contributed by atoms with E-state index in [-0.39, 0.29) is 0 Å². The van der Waals surface area contributed by atoms with Gasteiger partial charge < -0.3 is 9.64 Å². The molecule has 3 rings (SSSR count). The van der Waals surface area contributed by atoms with Crippen molar-refractivity contribution < 1.29 is 4.74 Å². The number of halogens is 1. The molecule has 0 atom stereocenters. The number of nitrogens with zero attached hydrogens (tertiary/aromatic N) is 2. The van der Waals surface area contributed by atoms with Gasteiger partial charge in [-0.15, -0.1) is 11.6 Å². The predicted molar refractivity (Wildman–Crippen MR) is 109 cm³/mol. The van der Waals surface area contributed by atoms with Crippen LogP contribution in [0.5, 0.6) is 0 Å². The zero-order valence-electron chi connectivity index (χ0n) is 15.2. The van der Waals surface area contributed by atoms with E-state index in [0.717, 1.165) is 30.8 Å². The maximum atomic E-state index is 5.87. The molecule has 0 aliphatic carbocycles. The summed E-state index contributed by atoms with van der Waals surface area (Å²) in [6, 6.07) is 18.5. The van der Waals surface area contributed by atoms with Crippen LogP contribution in [0.2, 0.25) is 0 Å². The molecule has 1 fully saturated rings. The van der Waals surface area contributed by atoms with Gasteiger partial charge in [-0.1, -0.05) is 49.0 Å². The normalized spacial score (nSPS) is 14.8. The molecular formula is C22H25ClN2O. The third-order valence-corrected chi connectivity index (χ3v) is 5.01. The summed E-state index contributed by atoms with van der Waals surface area (Å²) in [4.78, 5) is 6.53. The van der Waals surface area contributed by atoms with Crippen molar-refractivity contribution in [3.63, 3.8) is 0 Å². The van der Waals surface area contributed by atoms with Gasteiger partial charge in [-0.05, 0) is 35.6 Å². The van der Waals surface area contributed by atoms with Crippen LogP contribution >= 0.6 is 11.6 Å². The first-order chi connectivity index (χ1) is 12.7. The molecule has 1 saturated heterocycles. The molecule has 0 unspecified atom stereocenters. The smallest absolute Gasteiger partial charge is 0.216 e. The van der Waals surface area contributed by atoms with E-state index in [4.69, 9.17) is 16.3 Å². The third-order valence-electron chi connectivity index (χ3n) is 4.71. The molecule has 0 radical (unpaired) electrons. The SMILES string of the molecule is C=C(COC(=NC)c1ccccc1)N1CC(Cc2ccc(CCl)cc2)C1. The maximum absolute atomic E-state index is 5.87. The molecule has 1 heterocycles. The highest BCUT2D eigenvalue weighted by atomic mass is 35.5. The monoisotopic (exact) mass is 368 g/mol. The van der Waals surface area contributed by atoms with Crippen LogP contribution in [0.25, 0.3) is 0 Å². The van der Waals surface area contributed by atoms with Crippen LogP contribution in [0, 0.1) is 5.92 Å². The van der Waals surface area contributed by atoms with Gasteiger partial charge >= 0.3 is 0 Å². The number of likely N-dealkylation sites (tertiary alicyclic amines) is 1. The first kappa shape index (κ1) is 18.5. The Morgan fingerprint density at radius 2 is 1.77 bits per heavy atom. The molecule has 0 amide bonds. The minimum absolute atomic E-state index is 0.471. The number of rotatable bonds is 7. The Kier molecular flexibility index (Phi) is 6.35. The van der Waals surface area contributed by atoms with Gasteiger partial charge in [0.15, 0.2) is 0 Å². The van der Waals surface area contributed by atoms with Crippen molar-refractivity contribution in [2.45, 2.75) is 12.3 Å². The van der Waals surface area contributed by atoms with E-state index < -0.39 is 0 Å². The summed E-state index contributed by atoms with van der Waals surface area (Å²) in [6.07, 6.45) is 1.10. The van der Waals surface area contributed by atoms with Gasteiger partial charge in [0.25, 0.3) is 0 Å². The summed E-state index contributed by atoms with van der Waals surface area (Å²) in [5, 5.41) is 0. The van der Waals surface area contributed by atoms with Crippen molar-refractivity contribution in [1.29, 1.82) is 0 Å². The molecule has 1 aliphatic rings. The molecule has 0 N–H and O–H groups in total. The quantitative estimate of drug-likeness (QED) is 0.408. The van der Waals surface area contributed by atoms with Gasteiger partial charge in [0.2, 0.25) is 5.90 Å². The Hall–Kier alpha value is -2.26. The van der Waals surface area contributed by atoms with Crippen LogP contribution in [0.4, 0.5) is 0 Å². The largest absolute Gasteiger partial charge is 0.471 e. The molecule has 26 heavy (non-hydrogen) atoms. The predicted octanol–water partition coefficient (Wildman–Crippen LogP) is 4.51. The lowest BCUT2D eigenvalue weighted by Crippen LogP contribution is -2.47. The van der Waals surface area contributed by atoms with Gasteiger partial charge in [0.05, 0.1) is 0 Å². The molecule has 0 bridgehead atoms. The van der Waals surface area contributed by atoms with Gasteiger partial charge in [-0.2, -0.15) is 0 Å². The fraction of sp³-hybridized carbons (Fsp3) is 0.318. The van der Waals surface area contributed by atoms with Gasteiger partial charge in [0.1, 0.15) is 6.61 Å². The van der Waals surface area contributed by atoms with Crippen LogP contribution in [-0.2, 0) is 17.0 Å². The summed E-state index contributed by atoms with van der Waals surface area (Å²) in [5.74, 6) is 1.90. The van der Waals surface area contributed by atoms with Crippen molar-refractivity contribution >= 4 is 17.5 Å². The van der Waals surface area contributed by atoms with Crippen molar-refractivity contribution in [1.82, 2.24) is 4.90 Å². The Bertz CT molecular complexity index is 749. The van der Waals surface area contributed by atoms with Crippen molar-refractivity contribution in [2.75, 3.05) is 26.7 Å². The Balaban J connectivity index is 1.43. The average Bonchev–Trinajstić information content (AvgIpc) is 2.66. The van der Waals surface area contributed by atoms with E-state index in [0.29, 0.717) is 24.3 Å². The van der Waals surface area contributed by atoms with Crippen molar-refractivity contribution in [2.24, 2.45) is 10.9 Å². The summed E-state index contributed by atoms with van der Waals surface area (Å²) >= 11 is 5.84. The van der Waals surface area contributed by atoms with Crippen LogP contribution in [0.15, 0.2) is 71.9 Å². The van der Waals surface area contributed by atoms with Crippen LogP contribution in [0.1, 0.15) is 16.7 Å². The second-order valence-electron chi connectivity index (χ2n) is 6.67. The Morgan fingerprint density at radius 1 is 1.12 bits per heavy atom. The molecule has 1 aliphatic heterocycles. The van der Waals surface area contributed by atoms with E-state index in [1.165, 1.54) is 11.1 Å². The fourth-order valence-electron chi connectivity index (χ4n) is 3.16. The zero-order valence-corrected chi connectivity index (χ0v) is 16.0. The second-order valence-corrected chi connectivity index (χ2v) is 6.94. The molecule has 0 saturated carbocycles. The first-order valence-electron chi connectivity index (χ1n) is 8.91. The number of ether oxygens (including phenoxy) is 1. The number of aliphatic imine (C=N–C) groups is 1. The van der Waals surface area contributed by atoms with Crippen LogP contribution in [-0.4, -0.2) is 37.5 Å². The highest BCUT2D eigenvalue weighted by Crippen LogP contribution is 2.24. The standard InChI is InChI=1S/C22H25ClN2O/c1-17(16-26-22(24-2)21-6-4-3-5-7-21)25-14-20(15-25)12-18-8-10-19(13-23)11-9-18/h3-11,20H,1,12-16H2,2H3. The second kappa shape index (κ2) is 8.91. The Labute approximate surface area is 161 Å². The van der Waals surface area contributed by atoms with Gasteiger partial charge in [-0.3, -0.25) is 4.99 Å². The molecule has 3 nitrogen and oxygen atoms in total. The summed E-state index contributed by atoms with van der Waals surface area (Å²) in [5.41, 5.74) is 4.54. The van der Waals surface area contributed by atoms with Crippen molar-refractivity contribution in [3.8, 4) is 0 Å². The summed E-state index contributed by atoms with van der Waals surface area (Å²) in [7, 11) is 1.75. The number of hydrogen-bond acceptors (Lipinski definition) is 3. The minimum atomic E-state index is 0.471. The van der Waals surface area contributed by atoms with E-state index in [1.54, 1.807) is 7.05 Å². The molecule has 2 aromatic carbocycles. The molecular weight excluding hydrogens is 344 g/mol.